The lowest BCUT2D eigenvalue weighted by Gasteiger charge is -2.19. The highest BCUT2D eigenvalue weighted by Crippen LogP contribution is 2.28. The zero-order valence-electron chi connectivity index (χ0n) is 13.5. The third-order valence-corrected chi connectivity index (χ3v) is 5.13. The standard InChI is InChI=1S/C19H31N/c1-4-15(3)17-10-13-19(14-11-17)20-18-8-6-7-16(5-2)9-12-18/h10-11,13-16,18,20H,4-9,12H2,1-3H3. The van der Waals surface area contributed by atoms with E-state index in [4.69, 9.17) is 0 Å². The Balaban J connectivity index is 1.89. The van der Waals surface area contributed by atoms with Crippen LogP contribution in [0.1, 0.15) is 77.2 Å². The quantitative estimate of drug-likeness (QED) is 0.652. The van der Waals surface area contributed by atoms with Gasteiger partial charge in [0.15, 0.2) is 0 Å². The number of hydrogen-bond donors (Lipinski definition) is 1. The summed E-state index contributed by atoms with van der Waals surface area (Å²) in [6, 6.07) is 9.80. The summed E-state index contributed by atoms with van der Waals surface area (Å²) >= 11 is 0. The molecule has 1 heteroatoms. The van der Waals surface area contributed by atoms with Crippen molar-refractivity contribution in [2.24, 2.45) is 5.92 Å². The molecule has 3 atom stereocenters. The summed E-state index contributed by atoms with van der Waals surface area (Å²) in [5.74, 6) is 1.64. The topological polar surface area (TPSA) is 12.0 Å². The van der Waals surface area contributed by atoms with Gasteiger partial charge in [-0.15, -0.1) is 0 Å². The molecule has 0 spiro atoms. The van der Waals surface area contributed by atoms with Crippen LogP contribution in [0.15, 0.2) is 24.3 Å². The minimum atomic E-state index is 0.673. The van der Waals surface area contributed by atoms with E-state index in [9.17, 15) is 0 Å². The molecule has 1 aliphatic carbocycles. The largest absolute Gasteiger partial charge is 0.382 e. The fourth-order valence-corrected chi connectivity index (χ4v) is 3.31. The Kier molecular flexibility index (Phi) is 5.94. The third kappa shape index (κ3) is 4.26. The lowest BCUT2D eigenvalue weighted by molar-refractivity contribution is 0.444. The van der Waals surface area contributed by atoms with Crippen LogP contribution in [0.3, 0.4) is 0 Å². The molecule has 0 aliphatic heterocycles. The molecule has 1 N–H and O–H groups in total. The third-order valence-electron chi connectivity index (χ3n) is 5.13. The van der Waals surface area contributed by atoms with E-state index in [0.29, 0.717) is 12.0 Å². The summed E-state index contributed by atoms with van der Waals surface area (Å²) in [4.78, 5) is 0. The monoisotopic (exact) mass is 273 g/mol. The molecule has 0 heterocycles. The van der Waals surface area contributed by atoms with Gasteiger partial charge in [0.05, 0.1) is 0 Å². The highest BCUT2D eigenvalue weighted by atomic mass is 14.9. The van der Waals surface area contributed by atoms with E-state index < -0.39 is 0 Å². The minimum Gasteiger partial charge on any atom is -0.382 e. The van der Waals surface area contributed by atoms with E-state index in [1.165, 1.54) is 56.2 Å². The Morgan fingerprint density at radius 1 is 1.05 bits per heavy atom. The summed E-state index contributed by atoms with van der Waals surface area (Å²) in [5.41, 5.74) is 2.77. The van der Waals surface area contributed by atoms with Gasteiger partial charge >= 0.3 is 0 Å². The molecule has 3 unspecified atom stereocenters. The number of anilines is 1. The highest BCUT2D eigenvalue weighted by molar-refractivity contribution is 5.46. The summed E-state index contributed by atoms with van der Waals surface area (Å²) in [7, 11) is 0. The number of nitrogens with one attached hydrogen (secondary N) is 1. The molecule has 0 saturated heterocycles. The lowest BCUT2D eigenvalue weighted by atomic mass is 9.97. The van der Waals surface area contributed by atoms with Gasteiger partial charge in [-0.05, 0) is 55.2 Å². The fraction of sp³-hybridized carbons (Fsp3) is 0.684. The summed E-state index contributed by atoms with van der Waals surface area (Å²) in [6.07, 6.45) is 9.47. The van der Waals surface area contributed by atoms with Crippen LogP contribution in [0.2, 0.25) is 0 Å². The Bertz CT molecular complexity index is 381. The van der Waals surface area contributed by atoms with Crippen LogP contribution in [-0.2, 0) is 0 Å². The van der Waals surface area contributed by atoms with E-state index in [0.717, 1.165) is 5.92 Å². The normalized spacial score (nSPS) is 24.9. The molecule has 1 aromatic rings. The van der Waals surface area contributed by atoms with Gasteiger partial charge in [0.1, 0.15) is 0 Å². The predicted octanol–water partition coefficient (Wildman–Crippen LogP) is 5.97. The van der Waals surface area contributed by atoms with Gasteiger partial charge in [0.25, 0.3) is 0 Å². The number of benzene rings is 1. The molecule has 0 aromatic heterocycles. The average Bonchev–Trinajstić information content (AvgIpc) is 2.72. The second kappa shape index (κ2) is 7.71. The predicted molar refractivity (Wildman–Crippen MR) is 89.4 cm³/mol. The van der Waals surface area contributed by atoms with Gasteiger partial charge in [0, 0.05) is 11.7 Å². The van der Waals surface area contributed by atoms with Crippen molar-refractivity contribution in [2.45, 2.75) is 77.7 Å². The Morgan fingerprint density at radius 3 is 2.45 bits per heavy atom. The van der Waals surface area contributed by atoms with Crippen LogP contribution in [0.5, 0.6) is 0 Å². The fourth-order valence-electron chi connectivity index (χ4n) is 3.31. The van der Waals surface area contributed by atoms with E-state index in [1.54, 1.807) is 0 Å². The van der Waals surface area contributed by atoms with E-state index in [1.807, 2.05) is 0 Å². The first-order valence-corrected chi connectivity index (χ1v) is 8.59. The van der Waals surface area contributed by atoms with Gasteiger partial charge < -0.3 is 5.32 Å². The van der Waals surface area contributed by atoms with Crippen molar-refractivity contribution in [2.75, 3.05) is 5.32 Å². The maximum absolute atomic E-state index is 3.75. The number of hydrogen-bond acceptors (Lipinski definition) is 1. The van der Waals surface area contributed by atoms with Crippen molar-refractivity contribution in [3.8, 4) is 0 Å². The van der Waals surface area contributed by atoms with Crippen molar-refractivity contribution in [3.05, 3.63) is 29.8 Å². The summed E-state index contributed by atoms with van der Waals surface area (Å²) in [6.45, 7) is 6.90. The molecule has 1 aromatic carbocycles. The van der Waals surface area contributed by atoms with Gasteiger partial charge in [0.2, 0.25) is 0 Å². The molecule has 1 aliphatic rings. The molecular formula is C19H31N. The van der Waals surface area contributed by atoms with Crippen molar-refractivity contribution in [1.82, 2.24) is 0 Å². The summed E-state index contributed by atoms with van der Waals surface area (Å²) < 4.78 is 0. The molecule has 20 heavy (non-hydrogen) atoms. The van der Waals surface area contributed by atoms with Crippen molar-refractivity contribution < 1.29 is 0 Å². The van der Waals surface area contributed by atoms with Crippen molar-refractivity contribution in [1.29, 1.82) is 0 Å². The molecule has 1 saturated carbocycles. The molecule has 0 bridgehead atoms. The van der Waals surface area contributed by atoms with Gasteiger partial charge in [-0.25, -0.2) is 0 Å². The van der Waals surface area contributed by atoms with Crippen molar-refractivity contribution in [3.63, 3.8) is 0 Å². The smallest absolute Gasteiger partial charge is 0.0342 e. The first-order chi connectivity index (χ1) is 9.72. The maximum Gasteiger partial charge on any atom is 0.0342 e. The van der Waals surface area contributed by atoms with E-state index in [2.05, 4.69) is 50.4 Å². The molecule has 2 rings (SSSR count). The second-order valence-electron chi connectivity index (χ2n) is 6.56. The van der Waals surface area contributed by atoms with Crippen LogP contribution in [0, 0.1) is 5.92 Å². The summed E-state index contributed by atoms with van der Waals surface area (Å²) in [5, 5.41) is 3.75. The van der Waals surface area contributed by atoms with Gasteiger partial charge in [-0.3, -0.25) is 0 Å². The van der Waals surface area contributed by atoms with Crippen LogP contribution in [0.25, 0.3) is 0 Å². The molecular weight excluding hydrogens is 242 g/mol. The van der Waals surface area contributed by atoms with Crippen LogP contribution in [-0.4, -0.2) is 6.04 Å². The molecule has 0 radical (unpaired) electrons. The molecule has 0 amide bonds. The SMILES string of the molecule is CCC1CCCC(Nc2ccc(C(C)CC)cc2)CC1. The Hall–Kier alpha value is -0.980. The Labute approximate surface area is 125 Å². The second-order valence-corrected chi connectivity index (χ2v) is 6.56. The first-order valence-electron chi connectivity index (χ1n) is 8.59. The Morgan fingerprint density at radius 2 is 1.80 bits per heavy atom. The van der Waals surface area contributed by atoms with E-state index in [-0.39, 0.29) is 0 Å². The van der Waals surface area contributed by atoms with Crippen LogP contribution in [0.4, 0.5) is 5.69 Å². The zero-order chi connectivity index (χ0) is 14.4. The van der Waals surface area contributed by atoms with E-state index >= 15 is 0 Å². The van der Waals surface area contributed by atoms with Crippen LogP contribution < -0.4 is 5.32 Å². The molecule has 112 valence electrons. The lowest BCUT2D eigenvalue weighted by Crippen LogP contribution is -2.18. The van der Waals surface area contributed by atoms with Crippen LogP contribution >= 0.6 is 0 Å². The highest BCUT2D eigenvalue weighted by Gasteiger charge is 2.17. The van der Waals surface area contributed by atoms with Crippen molar-refractivity contribution >= 4 is 5.69 Å². The zero-order valence-corrected chi connectivity index (χ0v) is 13.5. The maximum atomic E-state index is 3.75. The minimum absolute atomic E-state index is 0.673. The number of rotatable bonds is 5. The first kappa shape index (κ1) is 15.4. The molecule has 1 fully saturated rings. The van der Waals surface area contributed by atoms with Gasteiger partial charge in [-0.1, -0.05) is 52.2 Å². The van der Waals surface area contributed by atoms with Gasteiger partial charge in [-0.2, -0.15) is 0 Å². The average molecular weight is 273 g/mol. The molecule has 1 nitrogen and oxygen atoms in total.